The summed E-state index contributed by atoms with van der Waals surface area (Å²) in [6.45, 7) is 3.67. The van der Waals surface area contributed by atoms with E-state index in [1.165, 1.54) is 0 Å². The van der Waals surface area contributed by atoms with Crippen LogP contribution in [0, 0.1) is 0 Å². The molecule has 0 saturated heterocycles. The SMILES string of the molecule is CCN(CCCO)c1cc(Cl)nc(N)n1. The van der Waals surface area contributed by atoms with E-state index in [2.05, 4.69) is 9.97 Å². The van der Waals surface area contributed by atoms with Crippen molar-refractivity contribution in [2.24, 2.45) is 0 Å². The second-order valence-corrected chi connectivity index (χ2v) is 3.45. The number of hydrogen-bond acceptors (Lipinski definition) is 5. The van der Waals surface area contributed by atoms with Gasteiger partial charge in [0, 0.05) is 25.8 Å². The third-order valence-electron chi connectivity index (χ3n) is 1.99. The number of aromatic nitrogens is 2. The van der Waals surface area contributed by atoms with E-state index in [4.69, 9.17) is 22.4 Å². The molecule has 0 aliphatic heterocycles. The summed E-state index contributed by atoms with van der Waals surface area (Å²) in [5.41, 5.74) is 5.50. The summed E-state index contributed by atoms with van der Waals surface area (Å²) in [5, 5.41) is 9.09. The average Bonchev–Trinajstić information content (AvgIpc) is 2.17. The van der Waals surface area contributed by atoms with Crippen molar-refractivity contribution in [1.82, 2.24) is 9.97 Å². The van der Waals surface area contributed by atoms with Gasteiger partial charge in [0.1, 0.15) is 11.0 Å². The number of aliphatic hydroxyl groups excluding tert-OH is 1. The van der Waals surface area contributed by atoms with Crippen molar-refractivity contribution in [2.45, 2.75) is 13.3 Å². The second-order valence-electron chi connectivity index (χ2n) is 3.06. The summed E-state index contributed by atoms with van der Waals surface area (Å²) in [5.74, 6) is 0.864. The van der Waals surface area contributed by atoms with Crippen LogP contribution in [0.5, 0.6) is 0 Å². The van der Waals surface area contributed by atoms with E-state index in [0.717, 1.165) is 13.1 Å². The molecule has 3 N–H and O–H groups in total. The summed E-state index contributed by atoms with van der Waals surface area (Å²) >= 11 is 5.78. The molecule has 1 aromatic rings. The van der Waals surface area contributed by atoms with Crippen LogP contribution >= 0.6 is 11.6 Å². The van der Waals surface area contributed by atoms with Crippen molar-refractivity contribution in [3.05, 3.63) is 11.2 Å². The van der Waals surface area contributed by atoms with Gasteiger partial charge < -0.3 is 15.7 Å². The van der Waals surface area contributed by atoms with Gasteiger partial charge in [-0.15, -0.1) is 0 Å². The van der Waals surface area contributed by atoms with Crippen LogP contribution in [0.15, 0.2) is 6.07 Å². The molecule has 0 atom stereocenters. The van der Waals surface area contributed by atoms with Gasteiger partial charge in [0.15, 0.2) is 0 Å². The molecular weight excluding hydrogens is 216 g/mol. The molecule has 0 amide bonds. The molecule has 1 aromatic heterocycles. The lowest BCUT2D eigenvalue weighted by Gasteiger charge is -2.21. The predicted molar refractivity (Wildman–Crippen MR) is 61.0 cm³/mol. The van der Waals surface area contributed by atoms with Gasteiger partial charge in [-0.25, -0.2) is 4.98 Å². The Morgan fingerprint density at radius 2 is 2.27 bits per heavy atom. The number of nitrogen functional groups attached to an aromatic ring is 1. The smallest absolute Gasteiger partial charge is 0.223 e. The summed E-state index contributed by atoms with van der Waals surface area (Å²) < 4.78 is 0. The Morgan fingerprint density at radius 1 is 1.53 bits per heavy atom. The molecule has 0 spiro atoms. The van der Waals surface area contributed by atoms with Gasteiger partial charge in [-0.2, -0.15) is 4.98 Å². The molecule has 0 aliphatic carbocycles. The van der Waals surface area contributed by atoms with Gasteiger partial charge in [0.25, 0.3) is 0 Å². The van der Waals surface area contributed by atoms with E-state index in [9.17, 15) is 0 Å². The molecule has 0 aliphatic rings. The Bertz CT molecular complexity index is 301. The fourth-order valence-electron chi connectivity index (χ4n) is 1.28. The number of nitrogens with two attached hydrogens (primary N) is 1. The third-order valence-corrected chi connectivity index (χ3v) is 2.18. The monoisotopic (exact) mass is 230 g/mol. The fraction of sp³-hybridized carbons (Fsp3) is 0.556. The van der Waals surface area contributed by atoms with E-state index in [-0.39, 0.29) is 12.6 Å². The normalized spacial score (nSPS) is 10.3. The maximum Gasteiger partial charge on any atom is 0.223 e. The highest BCUT2D eigenvalue weighted by atomic mass is 35.5. The molecule has 5 nitrogen and oxygen atoms in total. The predicted octanol–water partition coefficient (Wildman–Crippen LogP) is 0.921. The number of aliphatic hydroxyl groups is 1. The molecule has 0 unspecified atom stereocenters. The molecule has 15 heavy (non-hydrogen) atoms. The van der Waals surface area contributed by atoms with E-state index in [1.54, 1.807) is 6.07 Å². The summed E-state index contributed by atoms with van der Waals surface area (Å²) in [6.07, 6.45) is 0.690. The minimum atomic E-state index is 0.158. The number of halogens is 1. The third kappa shape index (κ3) is 3.53. The highest BCUT2D eigenvalue weighted by molar-refractivity contribution is 6.29. The minimum Gasteiger partial charge on any atom is -0.396 e. The van der Waals surface area contributed by atoms with Crippen molar-refractivity contribution in [2.75, 3.05) is 30.3 Å². The van der Waals surface area contributed by atoms with E-state index in [0.29, 0.717) is 17.4 Å². The molecule has 6 heteroatoms. The molecular formula is C9H15ClN4O. The van der Waals surface area contributed by atoms with Gasteiger partial charge in [-0.3, -0.25) is 0 Å². The zero-order chi connectivity index (χ0) is 11.3. The van der Waals surface area contributed by atoms with Crippen LogP contribution < -0.4 is 10.6 Å². The largest absolute Gasteiger partial charge is 0.396 e. The Kier molecular flexibility index (Phi) is 4.58. The van der Waals surface area contributed by atoms with Gasteiger partial charge in [0.2, 0.25) is 5.95 Å². The lowest BCUT2D eigenvalue weighted by Crippen LogP contribution is -2.26. The first-order chi connectivity index (χ1) is 7.17. The quantitative estimate of drug-likeness (QED) is 0.736. The van der Waals surface area contributed by atoms with E-state index < -0.39 is 0 Å². The Labute approximate surface area is 93.9 Å². The first kappa shape index (κ1) is 12.0. The van der Waals surface area contributed by atoms with Gasteiger partial charge in [-0.1, -0.05) is 11.6 Å². The highest BCUT2D eigenvalue weighted by Crippen LogP contribution is 2.16. The number of hydrogen-bond donors (Lipinski definition) is 2. The van der Waals surface area contributed by atoms with Crippen molar-refractivity contribution in [3.63, 3.8) is 0 Å². The second kappa shape index (κ2) is 5.72. The standard InChI is InChI=1S/C9H15ClN4O/c1-2-14(4-3-5-15)8-6-7(10)12-9(11)13-8/h6,15H,2-5H2,1H3,(H2,11,12,13). The first-order valence-corrected chi connectivity index (χ1v) is 5.21. The van der Waals surface area contributed by atoms with Gasteiger partial charge in [-0.05, 0) is 13.3 Å². The first-order valence-electron chi connectivity index (χ1n) is 4.83. The van der Waals surface area contributed by atoms with Crippen molar-refractivity contribution in [3.8, 4) is 0 Å². The Balaban J connectivity index is 2.81. The molecule has 1 rings (SSSR count). The fourth-order valence-corrected chi connectivity index (χ4v) is 1.47. The van der Waals surface area contributed by atoms with Gasteiger partial charge in [0.05, 0.1) is 0 Å². The number of anilines is 2. The van der Waals surface area contributed by atoms with Crippen LogP contribution in [0.3, 0.4) is 0 Å². The number of nitrogens with zero attached hydrogens (tertiary/aromatic N) is 3. The molecule has 0 radical (unpaired) electrons. The molecule has 0 saturated carbocycles. The maximum atomic E-state index is 8.76. The average molecular weight is 231 g/mol. The van der Waals surface area contributed by atoms with E-state index in [1.807, 2.05) is 11.8 Å². The lowest BCUT2D eigenvalue weighted by atomic mass is 10.4. The van der Waals surface area contributed by atoms with Crippen molar-refractivity contribution < 1.29 is 5.11 Å². The lowest BCUT2D eigenvalue weighted by molar-refractivity contribution is 0.289. The minimum absolute atomic E-state index is 0.158. The van der Waals surface area contributed by atoms with E-state index >= 15 is 0 Å². The van der Waals surface area contributed by atoms with Crippen LogP contribution in [0.25, 0.3) is 0 Å². The zero-order valence-electron chi connectivity index (χ0n) is 8.65. The molecule has 0 aromatic carbocycles. The highest BCUT2D eigenvalue weighted by Gasteiger charge is 2.07. The molecule has 0 bridgehead atoms. The van der Waals surface area contributed by atoms with Crippen LogP contribution in [-0.2, 0) is 0 Å². The number of rotatable bonds is 5. The van der Waals surface area contributed by atoms with Crippen molar-refractivity contribution >= 4 is 23.4 Å². The summed E-state index contributed by atoms with van der Waals surface area (Å²) in [4.78, 5) is 9.86. The Morgan fingerprint density at radius 3 is 2.80 bits per heavy atom. The van der Waals surface area contributed by atoms with Crippen LogP contribution in [0.2, 0.25) is 5.15 Å². The molecule has 84 valence electrons. The van der Waals surface area contributed by atoms with Crippen LogP contribution in [0.1, 0.15) is 13.3 Å². The topological polar surface area (TPSA) is 75.3 Å². The summed E-state index contributed by atoms with van der Waals surface area (Å²) in [6, 6.07) is 1.67. The van der Waals surface area contributed by atoms with Crippen molar-refractivity contribution in [1.29, 1.82) is 0 Å². The Hall–Kier alpha value is -1.07. The van der Waals surface area contributed by atoms with Crippen LogP contribution in [0.4, 0.5) is 11.8 Å². The van der Waals surface area contributed by atoms with Crippen LogP contribution in [-0.4, -0.2) is 34.8 Å². The zero-order valence-corrected chi connectivity index (χ0v) is 9.41. The molecule has 0 fully saturated rings. The maximum absolute atomic E-state index is 8.76. The van der Waals surface area contributed by atoms with Gasteiger partial charge >= 0.3 is 0 Å². The molecule has 1 heterocycles. The summed E-state index contributed by atoms with van der Waals surface area (Å²) in [7, 11) is 0.